The first kappa shape index (κ1) is 21.0. The minimum Gasteiger partial charge on any atom is -0.744 e. The highest BCUT2D eigenvalue weighted by Gasteiger charge is 2.25. The highest BCUT2D eigenvalue weighted by atomic mass is 127. The van der Waals surface area contributed by atoms with Crippen LogP contribution in [-0.2, 0) is 21.3 Å². The molecule has 0 atom stereocenters. The molecule has 0 fully saturated rings. The van der Waals surface area contributed by atoms with Crippen molar-refractivity contribution in [2.24, 2.45) is 0 Å². The topological polar surface area (TPSA) is 83.5 Å². The van der Waals surface area contributed by atoms with E-state index < -0.39 is 16.1 Å². The molecule has 0 radical (unpaired) electrons. The standard InChI is InChI=1S/C14H8I4O5S/c15-10-8(6-9(19)23-7-4-2-1-3-5-7)14(24(20,21)22)13(18)12(17)11(10)16/h1-5H,6H2,(H,20,21,22)/p-1. The lowest BCUT2D eigenvalue weighted by Gasteiger charge is -2.19. The molecule has 0 spiro atoms. The summed E-state index contributed by atoms with van der Waals surface area (Å²) in [4.78, 5) is 11.8. The van der Waals surface area contributed by atoms with Gasteiger partial charge in [-0.25, -0.2) is 8.42 Å². The molecule has 0 saturated heterocycles. The van der Waals surface area contributed by atoms with Crippen molar-refractivity contribution in [3.05, 3.63) is 50.2 Å². The largest absolute Gasteiger partial charge is 0.744 e. The molecule has 0 aliphatic rings. The quantitative estimate of drug-likeness (QED) is 0.116. The third kappa shape index (κ3) is 4.92. The Hall–Kier alpha value is 0.740. The van der Waals surface area contributed by atoms with Crippen LogP contribution in [0.25, 0.3) is 0 Å². The molecule has 2 rings (SSSR count). The highest BCUT2D eigenvalue weighted by Crippen LogP contribution is 2.35. The molecule has 0 N–H and O–H groups in total. The van der Waals surface area contributed by atoms with Crippen molar-refractivity contribution in [3.8, 4) is 5.75 Å². The summed E-state index contributed by atoms with van der Waals surface area (Å²) in [6, 6.07) is 8.46. The fraction of sp³-hybridized carbons (Fsp3) is 0.0714. The SMILES string of the molecule is O=C(Cc1c(I)c(I)c(I)c(I)c1S(=O)(=O)[O-])Oc1ccccc1. The highest BCUT2D eigenvalue weighted by molar-refractivity contribution is 14.1. The summed E-state index contributed by atoms with van der Waals surface area (Å²) in [6.07, 6.45) is -0.299. The number of hydrogen-bond donors (Lipinski definition) is 0. The van der Waals surface area contributed by atoms with Crippen molar-refractivity contribution in [2.75, 3.05) is 0 Å². The van der Waals surface area contributed by atoms with Crippen LogP contribution in [0.3, 0.4) is 0 Å². The van der Waals surface area contributed by atoms with Crippen molar-refractivity contribution in [1.82, 2.24) is 0 Å². The van der Waals surface area contributed by atoms with Crippen LogP contribution in [0, 0.1) is 14.3 Å². The van der Waals surface area contributed by atoms with Crippen molar-refractivity contribution < 1.29 is 22.5 Å². The smallest absolute Gasteiger partial charge is 0.315 e. The lowest BCUT2D eigenvalue weighted by atomic mass is 10.1. The zero-order valence-electron chi connectivity index (χ0n) is 11.6. The third-order valence-corrected chi connectivity index (χ3v) is 11.7. The molecule has 0 aromatic heterocycles. The Morgan fingerprint density at radius 1 is 0.958 bits per heavy atom. The first-order valence-electron chi connectivity index (χ1n) is 6.19. The summed E-state index contributed by atoms with van der Waals surface area (Å²) in [5, 5.41) is 0. The summed E-state index contributed by atoms with van der Waals surface area (Å²) in [5.41, 5.74) is 0.181. The van der Waals surface area contributed by atoms with Crippen LogP contribution in [0.2, 0.25) is 0 Å². The molecule has 24 heavy (non-hydrogen) atoms. The van der Waals surface area contributed by atoms with Gasteiger partial charge >= 0.3 is 5.97 Å². The van der Waals surface area contributed by atoms with Crippen LogP contribution in [-0.4, -0.2) is 18.9 Å². The molecule has 0 unspecified atom stereocenters. The second kappa shape index (κ2) is 8.62. The summed E-state index contributed by atoms with van der Waals surface area (Å²) in [7, 11) is -4.72. The Morgan fingerprint density at radius 2 is 1.50 bits per heavy atom. The van der Waals surface area contributed by atoms with Crippen LogP contribution in [0.1, 0.15) is 5.56 Å². The fourth-order valence-corrected chi connectivity index (χ4v) is 7.34. The monoisotopic (exact) mass is 795 g/mol. The zero-order chi connectivity index (χ0) is 18.1. The van der Waals surface area contributed by atoms with E-state index in [9.17, 15) is 17.8 Å². The Kier molecular flexibility index (Phi) is 7.56. The van der Waals surface area contributed by atoms with Gasteiger partial charge < -0.3 is 9.29 Å². The number of carbonyl (C=O) groups excluding carboxylic acids is 1. The third-order valence-electron chi connectivity index (χ3n) is 2.86. The Labute approximate surface area is 193 Å². The van der Waals surface area contributed by atoms with Gasteiger partial charge in [0.2, 0.25) is 0 Å². The van der Waals surface area contributed by atoms with E-state index in [2.05, 4.69) is 22.6 Å². The van der Waals surface area contributed by atoms with E-state index >= 15 is 0 Å². The summed E-state index contributed by atoms with van der Waals surface area (Å²) >= 11 is 7.83. The first-order chi connectivity index (χ1) is 11.1. The maximum atomic E-state index is 12.2. The number of para-hydroxylation sites is 1. The number of carbonyl (C=O) groups is 1. The number of ether oxygens (including phenoxy) is 1. The van der Waals surface area contributed by atoms with Gasteiger partial charge in [0.1, 0.15) is 15.9 Å². The lowest BCUT2D eigenvalue weighted by molar-refractivity contribution is -0.133. The molecule has 0 aliphatic heterocycles. The van der Waals surface area contributed by atoms with Gasteiger partial charge in [0.25, 0.3) is 0 Å². The van der Waals surface area contributed by atoms with Crippen LogP contribution in [0.15, 0.2) is 35.2 Å². The number of halogens is 4. The molecule has 0 saturated carbocycles. The predicted molar refractivity (Wildman–Crippen MR) is 121 cm³/mol. The van der Waals surface area contributed by atoms with Gasteiger partial charge in [-0.15, -0.1) is 0 Å². The number of rotatable bonds is 4. The molecule has 5 nitrogen and oxygen atoms in total. The minimum absolute atomic E-state index is 0.181. The average molecular weight is 795 g/mol. The van der Waals surface area contributed by atoms with Crippen molar-refractivity contribution in [1.29, 1.82) is 0 Å². The average Bonchev–Trinajstić information content (AvgIpc) is 2.50. The molecule has 2 aromatic rings. The van der Waals surface area contributed by atoms with Crippen molar-refractivity contribution in [2.45, 2.75) is 11.3 Å². The number of esters is 1. The van der Waals surface area contributed by atoms with Crippen LogP contribution in [0.4, 0.5) is 0 Å². The molecule has 2 aromatic carbocycles. The van der Waals surface area contributed by atoms with E-state index in [4.69, 9.17) is 4.74 Å². The zero-order valence-corrected chi connectivity index (χ0v) is 21.0. The lowest BCUT2D eigenvalue weighted by Crippen LogP contribution is -2.18. The van der Waals surface area contributed by atoms with Crippen LogP contribution in [0.5, 0.6) is 5.75 Å². The van der Waals surface area contributed by atoms with E-state index in [1.165, 1.54) is 0 Å². The summed E-state index contributed by atoms with van der Waals surface area (Å²) in [6.45, 7) is 0. The maximum absolute atomic E-state index is 12.2. The second-order valence-corrected chi connectivity index (χ2v) is 10.1. The van der Waals surface area contributed by atoms with Gasteiger partial charge in [-0.1, -0.05) is 18.2 Å². The Morgan fingerprint density at radius 3 is 2.04 bits per heavy atom. The van der Waals surface area contributed by atoms with E-state index in [1.54, 1.807) is 30.3 Å². The van der Waals surface area contributed by atoms with Crippen LogP contribution < -0.4 is 4.74 Å². The number of benzene rings is 2. The van der Waals surface area contributed by atoms with E-state index in [1.807, 2.05) is 67.8 Å². The summed E-state index contributed by atoms with van der Waals surface area (Å²) < 4.78 is 42.7. The van der Waals surface area contributed by atoms with Gasteiger partial charge in [-0.2, -0.15) is 0 Å². The molecule has 0 aliphatic carbocycles. The molecule has 0 heterocycles. The van der Waals surface area contributed by atoms with Crippen LogP contribution >= 0.6 is 90.4 Å². The molecule has 0 bridgehead atoms. The second-order valence-electron chi connectivity index (χ2n) is 4.48. The first-order valence-corrected chi connectivity index (χ1v) is 11.9. The van der Waals surface area contributed by atoms with E-state index in [0.29, 0.717) is 16.5 Å². The fourth-order valence-electron chi connectivity index (χ4n) is 1.88. The van der Waals surface area contributed by atoms with Gasteiger partial charge in [-0.05, 0) is 108 Å². The molecular weight excluding hydrogens is 788 g/mol. The van der Waals surface area contributed by atoms with Crippen molar-refractivity contribution >= 4 is 106 Å². The maximum Gasteiger partial charge on any atom is 0.315 e. The normalized spacial score (nSPS) is 11.4. The molecular formula is C14H7I4O5S-. The van der Waals surface area contributed by atoms with Gasteiger partial charge in [0.15, 0.2) is 0 Å². The minimum atomic E-state index is -4.72. The molecule has 0 amide bonds. The van der Waals surface area contributed by atoms with E-state index in [0.717, 1.165) is 3.57 Å². The van der Waals surface area contributed by atoms with Crippen molar-refractivity contribution in [3.63, 3.8) is 0 Å². The molecule has 10 heteroatoms. The predicted octanol–water partition coefficient (Wildman–Crippen LogP) is 4.16. The van der Waals surface area contributed by atoms with Gasteiger partial charge in [-0.3, -0.25) is 4.79 Å². The van der Waals surface area contributed by atoms with E-state index in [-0.39, 0.29) is 16.9 Å². The Bertz CT molecular complexity index is 897. The Balaban J connectivity index is 2.48. The summed E-state index contributed by atoms with van der Waals surface area (Å²) in [5.74, 6) is -0.268. The number of hydrogen-bond acceptors (Lipinski definition) is 5. The van der Waals surface area contributed by atoms with Gasteiger partial charge in [0.05, 0.1) is 11.3 Å². The van der Waals surface area contributed by atoms with Gasteiger partial charge in [0, 0.05) is 14.3 Å². The molecule has 128 valence electrons.